The quantitative estimate of drug-likeness (QED) is 0.650. The van der Waals surface area contributed by atoms with Crippen molar-refractivity contribution >= 4 is 38.6 Å². The largest absolute Gasteiger partial charge is 0.494 e. The van der Waals surface area contributed by atoms with E-state index in [1.165, 1.54) is 0 Å². The van der Waals surface area contributed by atoms with Gasteiger partial charge in [0.1, 0.15) is 15.8 Å². The van der Waals surface area contributed by atoms with E-state index in [2.05, 4.69) is 15.0 Å². The fraction of sp³-hybridized carbons (Fsp3) is 0.118. The molecule has 3 rings (SSSR count). The number of benzene rings is 1. The van der Waals surface area contributed by atoms with Crippen molar-refractivity contribution in [3.05, 3.63) is 60.1 Å². The first-order valence-electron chi connectivity index (χ1n) is 7.59. The van der Waals surface area contributed by atoms with Crippen molar-refractivity contribution < 1.29 is 13.2 Å². The highest BCUT2D eigenvalue weighted by Gasteiger charge is 2.15. The van der Waals surface area contributed by atoms with E-state index in [1.807, 2.05) is 31.2 Å². The second-order valence-corrected chi connectivity index (χ2v) is 7.91. The van der Waals surface area contributed by atoms with Gasteiger partial charge in [0.25, 0.3) is 10.0 Å². The molecule has 8 heteroatoms. The summed E-state index contributed by atoms with van der Waals surface area (Å²) in [6, 6.07) is 14.2. The highest BCUT2D eigenvalue weighted by molar-refractivity contribution is 7.94. The fourth-order valence-electron chi connectivity index (χ4n) is 2.10. The first kappa shape index (κ1) is 17.2. The predicted molar refractivity (Wildman–Crippen MR) is 100 cm³/mol. The summed E-state index contributed by atoms with van der Waals surface area (Å²) in [4.78, 5) is 4.14. The van der Waals surface area contributed by atoms with Crippen LogP contribution in [-0.4, -0.2) is 20.0 Å². The third kappa shape index (κ3) is 4.49. The molecule has 0 aliphatic rings. The molecule has 0 fully saturated rings. The third-order valence-electron chi connectivity index (χ3n) is 3.22. The lowest BCUT2D eigenvalue weighted by atomic mass is 10.3. The number of thiophene rings is 1. The van der Waals surface area contributed by atoms with E-state index in [-0.39, 0.29) is 10.0 Å². The van der Waals surface area contributed by atoms with Crippen molar-refractivity contribution in [1.29, 1.82) is 0 Å². The van der Waals surface area contributed by atoms with Crippen LogP contribution >= 0.6 is 11.3 Å². The number of hydrogen-bond donors (Lipinski definition) is 2. The standard InChI is InChI=1S/C17H17N3O3S2/c1-2-23-15-8-5-13(6-9-15)19-14-7-10-16(18-12-14)20-25(21,22)17-4-3-11-24-17/h3-12,19H,2H2,1H3,(H,18,20). The topological polar surface area (TPSA) is 80.3 Å². The van der Waals surface area contributed by atoms with Crippen LogP contribution in [-0.2, 0) is 10.0 Å². The molecule has 0 unspecified atom stereocenters. The minimum atomic E-state index is -3.58. The fourth-order valence-corrected chi connectivity index (χ4v) is 4.10. The molecule has 0 saturated carbocycles. The second-order valence-electron chi connectivity index (χ2n) is 5.05. The van der Waals surface area contributed by atoms with E-state index in [4.69, 9.17) is 4.74 Å². The summed E-state index contributed by atoms with van der Waals surface area (Å²) < 4.78 is 32.4. The molecule has 6 nitrogen and oxygen atoms in total. The Morgan fingerprint density at radius 2 is 1.84 bits per heavy atom. The highest BCUT2D eigenvalue weighted by atomic mass is 32.2. The maximum Gasteiger partial charge on any atom is 0.272 e. The maximum atomic E-state index is 12.2. The Balaban J connectivity index is 1.66. The van der Waals surface area contributed by atoms with Crippen LogP contribution in [0.2, 0.25) is 0 Å². The van der Waals surface area contributed by atoms with Crippen molar-refractivity contribution in [3.63, 3.8) is 0 Å². The summed E-state index contributed by atoms with van der Waals surface area (Å²) >= 11 is 1.16. The number of anilines is 3. The molecule has 25 heavy (non-hydrogen) atoms. The Morgan fingerprint density at radius 1 is 1.08 bits per heavy atom. The van der Waals surface area contributed by atoms with Crippen LogP contribution in [0, 0.1) is 0 Å². The van der Waals surface area contributed by atoms with Crippen molar-refractivity contribution in [2.75, 3.05) is 16.6 Å². The van der Waals surface area contributed by atoms with Crippen molar-refractivity contribution in [1.82, 2.24) is 4.98 Å². The van der Waals surface area contributed by atoms with Crippen molar-refractivity contribution in [3.8, 4) is 5.75 Å². The van der Waals surface area contributed by atoms with Gasteiger partial charge in [-0.3, -0.25) is 4.72 Å². The Kier molecular flexibility index (Phi) is 5.20. The van der Waals surface area contributed by atoms with Crippen LogP contribution in [0.5, 0.6) is 5.75 Å². The van der Waals surface area contributed by atoms with E-state index in [1.54, 1.807) is 35.8 Å². The monoisotopic (exact) mass is 375 g/mol. The number of nitrogens with zero attached hydrogens (tertiary/aromatic N) is 1. The maximum absolute atomic E-state index is 12.2. The van der Waals surface area contributed by atoms with Gasteiger partial charge in [-0.1, -0.05) is 6.07 Å². The molecular weight excluding hydrogens is 358 g/mol. The normalized spacial score (nSPS) is 11.1. The van der Waals surface area contributed by atoms with Gasteiger partial charge in [0, 0.05) is 5.69 Å². The summed E-state index contributed by atoms with van der Waals surface area (Å²) in [7, 11) is -3.58. The molecular formula is C17H17N3O3S2. The lowest BCUT2D eigenvalue weighted by Crippen LogP contribution is -2.12. The third-order valence-corrected chi connectivity index (χ3v) is 5.97. The molecule has 0 radical (unpaired) electrons. The van der Waals surface area contributed by atoms with Crippen LogP contribution in [0.4, 0.5) is 17.2 Å². The molecule has 1 aromatic carbocycles. The molecule has 2 N–H and O–H groups in total. The summed E-state index contributed by atoms with van der Waals surface area (Å²) in [6.45, 7) is 2.56. The van der Waals surface area contributed by atoms with Crippen LogP contribution in [0.1, 0.15) is 6.92 Å². The zero-order valence-electron chi connectivity index (χ0n) is 13.5. The van der Waals surface area contributed by atoms with Gasteiger partial charge >= 0.3 is 0 Å². The van der Waals surface area contributed by atoms with Crippen LogP contribution in [0.3, 0.4) is 0 Å². The number of hydrogen-bond acceptors (Lipinski definition) is 6. The molecule has 0 atom stereocenters. The van der Waals surface area contributed by atoms with E-state index in [0.29, 0.717) is 6.61 Å². The van der Waals surface area contributed by atoms with E-state index in [9.17, 15) is 8.42 Å². The van der Waals surface area contributed by atoms with Gasteiger partial charge < -0.3 is 10.1 Å². The Bertz CT molecular complexity index is 907. The van der Waals surface area contributed by atoms with Crippen molar-refractivity contribution in [2.45, 2.75) is 11.1 Å². The molecule has 0 amide bonds. The van der Waals surface area contributed by atoms with Gasteiger partial charge in [0.15, 0.2) is 0 Å². The summed E-state index contributed by atoms with van der Waals surface area (Å²) in [5.41, 5.74) is 1.64. The number of rotatable bonds is 7. The van der Waals surface area contributed by atoms with Gasteiger partial charge in [-0.2, -0.15) is 0 Å². The first-order valence-corrected chi connectivity index (χ1v) is 9.95. The Morgan fingerprint density at radius 3 is 2.44 bits per heavy atom. The van der Waals surface area contributed by atoms with E-state index >= 15 is 0 Å². The molecule has 0 spiro atoms. The zero-order chi connectivity index (χ0) is 17.7. The van der Waals surface area contributed by atoms with Gasteiger partial charge in [-0.05, 0) is 54.8 Å². The van der Waals surface area contributed by atoms with Gasteiger partial charge in [0.05, 0.1) is 18.5 Å². The summed E-state index contributed by atoms with van der Waals surface area (Å²) in [6.07, 6.45) is 1.57. The van der Waals surface area contributed by atoms with E-state index in [0.717, 1.165) is 28.5 Å². The van der Waals surface area contributed by atoms with Gasteiger partial charge in [-0.15, -0.1) is 11.3 Å². The minimum absolute atomic E-state index is 0.255. The lowest BCUT2D eigenvalue weighted by Gasteiger charge is -2.09. The first-order chi connectivity index (χ1) is 12.1. The molecule has 3 aromatic rings. The molecule has 0 aliphatic heterocycles. The number of sulfonamides is 1. The Hall–Kier alpha value is -2.58. The van der Waals surface area contributed by atoms with Gasteiger partial charge in [0.2, 0.25) is 0 Å². The average molecular weight is 375 g/mol. The summed E-state index contributed by atoms with van der Waals surface area (Å²) in [5.74, 6) is 1.08. The minimum Gasteiger partial charge on any atom is -0.494 e. The zero-order valence-corrected chi connectivity index (χ0v) is 15.1. The number of pyridine rings is 1. The second kappa shape index (κ2) is 7.54. The van der Waals surface area contributed by atoms with Crippen LogP contribution < -0.4 is 14.8 Å². The molecule has 2 heterocycles. The Labute approximate surface area is 150 Å². The SMILES string of the molecule is CCOc1ccc(Nc2ccc(NS(=O)(=O)c3cccs3)nc2)cc1. The van der Waals surface area contributed by atoms with Crippen molar-refractivity contribution in [2.24, 2.45) is 0 Å². The van der Waals surface area contributed by atoms with Crippen LogP contribution in [0.25, 0.3) is 0 Å². The molecule has 130 valence electrons. The smallest absolute Gasteiger partial charge is 0.272 e. The molecule has 0 saturated heterocycles. The molecule has 0 bridgehead atoms. The highest BCUT2D eigenvalue weighted by Crippen LogP contribution is 2.22. The number of nitrogens with one attached hydrogen (secondary N) is 2. The van der Waals surface area contributed by atoms with Gasteiger partial charge in [-0.25, -0.2) is 13.4 Å². The number of ether oxygens (including phenoxy) is 1. The molecule has 2 aromatic heterocycles. The summed E-state index contributed by atoms with van der Waals surface area (Å²) in [5, 5.41) is 4.91. The predicted octanol–water partition coefficient (Wildman–Crippen LogP) is 4.09. The van der Waals surface area contributed by atoms with Crippen LogP contribution in [0.15, 0.2) is 64.3 Å². The lowest BCUT2D eigenvalue weighted by molar-refractivity contribution is 0.340. The van der Waals surface area contributed by atoms with E-state index < -0.39 is 10.0 Å². The number of aromatic nitrogens is 1. The molecule has 0 aliphatic carbocycles. The average Bonchev–Trinajstić information content (AvgIpc) is 3.14.